The predicted octanol–water partition coefficient (Wildman–Crippen LogP) is 5.75. The second-order valence-electron chi connectivity index (χ2n) is 10.7. The van der Waals surface area contributed by atoms with Gasteiger partial charge in [-0.2, -0.15) is 4.98 Å². The van der Waals surface area contributed by atoms with Crippen LogP contribution in [0.1, 0.15) is 44.4 Å². The topological polar surface area (TPSA) is 109 Å². The maximum absolute atomic E-state index is 13.9. The first kappa shape index (κ1) is 30.4. The van der Waals surface area contributed by atoms with E-state index in [-0.39, 0.29) is 36.8 Å². The molecular weight excluding hydrogens is 535 g/mol. The quantitative estimate of drug-likeness (QED) is 0.160. The number of ether oxygens (including phenoxy) is 2. The smallest absolute Gasteiger partial charge is 0.352 e. The summed E-state index contributed by atoms with van der Waals surface area (Å²) in [7, 11) is -2.70. The molecule has 0 amide bonds. The minimum atomic E-state index is -2.70. The summed E-state index contributed by atoms with van der Waals surface area (Å²) in [6.07, 6.45) is 0.779. The van der Waals surface area contributed by atoms with Gasteiger partial charge in [-0.1, -0.05) is 119 Å². The Morgan fingerprint density at radius 2 is 1.29 bits per heavy atom. The van der Waals surface area contributed by atoms with Crippen molar-refractivity contribution in [1.29, 1.82) is 0 Å². The van der Waals surface area contributed by atoms with Crippen LogP contribution in [0.3, 0.4) is 0 Å². The molecule has 2 N–H and O–H groups in total. The molecule has 8 nitrogen and oxygen atoms in total. The molecule has 4 aromatic rings. The summed E-state index contributed by atoms with van der Waals surface area (Å²) in [5, 5.41) is 0. The van der Waals surface area contributed by atoms with Gasteiger partial charge < -0.3 is 19.8 Å². The van der Waals surface area contributed by atoms with Crippen molar-refractivity contribution in [1.82, 2.24) is 14.5 Å². The third-order valence-electron chi connectivity index (χ3n) is 7.47. The van der Waals surface area contributed by atoms with E-state index in [0.29, 0.717) is 0 Å². The number of nitrogen functional groups attached to an aromatic ring is 1. The van der Waals surface area contributed by atoms with Crippen molar-refractivity contribution in [2.75, 3.05) is 18.7 Å². The Morgan fingerprint density at radius 3 is 1.71 bits per heavy atom. The van der Waals surface area contributed by atoms with E-state index in [1.165, 1.54) is 10.9 Å². The molecule has 3 aromatic carbocycles. The molecule has 1 aromatic heterocycles. The van der Waals surface area contributed by atoms with Crippen LogP contribution in [0.5, 0.6) is 0 Å². The van der Waals surface area contributed by atoms with Gasteiger partial charge in [-0.3, -0.25) is 4.57 Å². The number of nitrogens with zero attached hydrogens (tertiary/aromatic N) is 3. The van der Waals surface area contributed by atoms with E-state index in [1.54, 1.807) is 0 Å². The van der Waals surface area contributed by atoms with E-state index in [2.05, 4.69) is 9.97 Å². The summed E-state index contributed by atoms with van der Waals surface area (Å²) in [6.45, 7) is 8.02. The molecule has 0 saturated carbocycles. The van der Waals surface area contributed by atoms with Gasteiger partial charge in [0.05, 0.1) is 19.3 Å². The highest BCUT2D eigenvalue weighted by Gasteiger charge is 2.39. The Labute approximate surface area is 242 Å². The molecule has 1 atom stereocenters. The van der Waals surface area contributed by atoms with Crippen molar-refractivity contribution in [3.8, 4) is 0 Å². The highest BCUT2D eigenvalue weighted by molar-refractivity contribution is 7.65. The zero-order valence-electron chi connectivity index (χ0n) is 24.1. The largest absolute Gasteiger partial charge is 0.368 e. The lowest BCUT2D eigenvalue weighted by atomic mass is 9.80. The molecule has 1 heterocycles. The lowest BCUT2D eigenvalue weighted by molar-refractivity contribution is -0.0614. The van der Waals surface area contributed by atoms with Crippen LogP contribution in [0.2, 0.25) is 0 Å². The average Bonchev–Trinajstić information content (AvgIpc) is 2.98. The van der Waals surface area contributed by atoms with Gasteiger partial charge >= 0.3 is 5.69 Å². The number of nitrogens with two attached hydrogens (primary N) is 1. The molecule has 0 unspecified atom stereocenters. The summed E-state index contributed by atoms with van der Waals surface area (Å²) in [5.74, 6) is -0.0969. The molecule has 0 saturated heterocycles. The normalized spacial score (nSPS) is 13.0. The van der Waals surface area contributed by atoms with Crippen LogP contribution in [-0.2, 0) is 26.2 Å². The van der Waals surface area contributed by atoms with Crippen molar-refractivity contribution in [3.05, 3.63) is 124 Å². The second-order valence-corrected chi connectivity index (χ2v) is 14.7. The standard InChI is InChI=1S/C32H39N4O4P/c1-24(2)41(38,25(3)4)23-39-29(20-36-22-34-30(33)35-31(36)37)21-40-32(26-14-8-5-9-15-26,27-16-10-6-11-17-27)28-18-12-7-13-19-28/h5-19,22,24-25,29H,20-21,23H2,1-4H3,(H2,33,35,37)/t29-/m0/s1. The fourth-order valence-corrected chi connectivity index (χ4v) is 7.20. The van der Waals surface area contributed by atoms with E-state index in [4.69, 9.17) is 15.2 Å². The molecule has 41 heavy (non-hydrogen) atoms. The Morgan fingerprint density at radius 1 is 0.829 bits per heavy atom. The monoisotopic (exact) mass is 574 g/mol. The van der Waals surface area contributed by atoms with Gasteiger partial charge in [0.2, 0.25) is 5.95 Å². The summed E-state index contributed by atoms with van der Waals surface area (Å²) in [4.78, 5) is 20.4. The van der Waals surface area contributed by atoms with E-state index in [9.17, 15) is 9.36 Å². The van der Waals surface area contributed by atoms with Crippen LogP contribution < -0.4 is 11.4 Å². The number of hydrogen-bond donors (Lipinski definition) is 1. The van der Waals surface area contributed by atoms with Crippen molar-refractivity contribution in [2.45, 2.75) is 57.3 Å². The maximum Gasteiger partial charge on any atom is 0.352 e. The lowest BCUT2D eigenvalue weighted by Crippen LogP contribution is -2.39. The molecule has 4 rings (SSSR count). The second kappa shape index (κ2) is 13.4. The predicted molar refractivity (Wildman–Crippen MR) is 163 cm³/mol. The first-order valence-corrected chi connectivity index (χ1v) is 15.9. The van der Waals surface area contributed by atoms with Gasteiger partial charge in [0.15, 0.2) is 0 Å². The first-order chi connectivity index (χ1) is 19.7. The van der Waals surface area contributed by atoms with Crippen LogP contribution in [0.25, 0.3) is 0 Å². The Kier molecular flexibility index (Phi) is 9.92. The molecule has 0 aliphatic carbocycles. The Hall–Kier alpha value is -3.58. The zero-order valence-corrected chi connectivity index (χ0v) is 25.0. The summed E-state index contributed by atoms with van der Waals surface area (Å²) in [5.41, 5.74) is 6.83. The number of anilines is 1. The molecule has 0 radical (unpaired) electrons. The van der Waals surface area contributed by atoms with Gasteiger partial charge in [-0.15, -0.1) is 0 Å². The number of hydrogen-bond acceptors (Lipinski definition) is 7. The number of rotatable bonds is 13. The SMILES string of the molecule is CC(C)P(=O)(CO[C@H](COC(c1ccccc1)(c1ccccc1)c1ccccc1)Cn1cnc(N)nc1=O)C(C)C. The highest BCUT2D eigenvalue weighted by Crippen LogP contribution is 2.55. The Balaban J connectivity index is 1.77. The Bertz CT molecular complexity index is 1390. The fraction of sp³-hybridized carbons (Fsp3) is 0.344. The molecule has 216 valence electrons. The van der Waals surface area contributed by atoms with Crippen LogP contribution in [0, 0.1) is 0 Å². The van der Waals surface area contributed by atoms with Crippen molar-refractivity contribution in [3.63, 3.8) is 0 Å². The molecule has 9 heteroatoms. The van der Waals surface area contributed by atoms with E-state index >= 15 is 0 Å². The summed E-state index contributed by atoms with van der Waals surface area (Å²) >= 11 is 0. The van der Waals surface area contributed by atoms with Crippen LogP contribution in [0.4, 0.5) is 5.95 Å². The molecule has 0 aliphatic heterocycles. The third-order valence-corrected chi connectivity index (χ3v) is 11.5. The van der Waals surface area contributed by atoms with Gasteiger partial charge in [0, 0.05) is 11.3 Å². The minimum Gasteiger partial charge on any atom is -0.368 e. The van der Waals surface area contributed by atoms with Gasteiger partial charge in [-0.25, -0.2) is 9.78 Å². The van der Waals surface area contributed by atoms with E-state index in [0.717, 1.165) is 16.7 Å². The van der Waals surface area contributed by atoms with Gasteiger partial charge in [0.25, 0.3) is 0 Å². The lowest BCUT2D eigenvalue weighted by Gasteiger charge is -2.37. The van der Waals surface area contributed by atoms with Crippen LogP contribution in [0.15, 0.2) is 102 Å². The summed E-state index contributed by atoms with van der Waals surface area (Å²) in [6, 6.07) is 30.1. The van der Waals surface area contributed by atoms with Crippen molar-refractivity contribution >= 4 is 13.1 Å². The maximum atomic E-state index is 13.9. The fourth-order valence-electron chi connectivity index (χ4n) is 4.97. The molecular formula is C32H39N4O4P. The number of benzene rings is 3. The van der Waals surface area contributed by atoms with E-state index < -0.39 is 24.5 Å². The number of aromatic nitrogens is 3. The van der Waals surface area contributed by atoms with Crippen molar-refractivity contribution in [2.24, 2.45) is 0 Å². The van der Waals surface area contributed by atoms with Crippen molar-refractivity contribution < 1.29 is 14.0 Å². The van der Waals surface area contributed by atoms with Crippen LogP contribution in [-0.4, -0.2) is 44.9 Å². The third kappa shape index (κ3) is 6.84. The highest BCUT2D eigenvalue weighted by atomic mass is 31.2. The van der Waals surface area contributed by atoms with Gasteiger partial charge in [-0.05, 0) is 16.7 Å². The molecule has 0 spiro atoms. The molecule has 0 aliphatic rings. The zero-order chi connectivity index (χ0) is 29.5. The van der Waals surface area contributed by atoms with Gasteiger partial charge in [0.1, 0.15) is 25.4 Å². The summed E-state index contributed by atoms with van der Waals surface area (Å²) < 4.78 is 28.6. The first-order valence-electron chi connectivity index (χ1n) is 13.9. The van der Waals surface area contributed by atoms with E-state index in [1.807, 2.05) is 119 Å². The minimum absolute atomic E-state index is 0.0521. The molecule has 0 fully saturated rings. The molecule has 0 bridgehead atoms. The average molecular weight is 575 g/mol. The van der Waals surface area contributed by atoms with Crippen LogP contribution >= 0.6 is 7.14 Å².